The second-order valence-electron chi connectivity index (χ2n) is 5.05. The Kier molecular flexibility index (Phi) is 2.61. The summed E-state index contributed by atoms with van der Waals surface area (Å²) in [5, 5.41) is 11.8. The Balaban J connectivity index is 2.11. The smallest absolute Gasteiger partial charge is 0.118 e. The zero-order valence-electron chi connectivity index (χ0n) is 10.7. The summed E-state index contributed by atoms with van der Waals surface area (Å²) in [6, 6.07) is 9.99. The number of nitrogens with zero attached hydrogens (tertiary/aromatic N) is 1. The summed E-state index contributed by atoms with van der Waals surface area (Å²) in [6.45, 7) is 4.51. The average Bonchev–Trinajstić information content (AvgIpc) is 2.70. The van der Waals surface area contributed by atoms with Crippen molar-refractivity contribution in [2.24, 2.45) is 0 Å². The predicted octanol–water partition coefficient (Wildman–Crippen LogP) is 2.54. The van der Waals surface area contributed by atoms with Crippen molar-refractivity contribution in [2.45, 2.75) is 32.0 Å². The van der Waals surface area contributed by atoms with Gasteiger partial charge >= 0.3 is 0 Å². The van der Waals surface area contributed by atoms with Gasteiger partial charge in [0.15, 0.2) is 0 Å². The van der Waals surface area contributed by atoms with Crippen molar-refractivity contribution in [2.75, 3.05) is 6.61 Å². The lowest BCUT2D eigenvalue weighted by atomic mass is 9.87. The summed E-state index contributed by atoms with van der Waals surface area (Å²) in [7, 11) is 0. The molecular formula is C15H17NO2. The van der Waals surface area contributed by atoms with Crippen LogP contribution in [0.1, 0.15) is 24.6 Å². The quantitative estimate of drug-likeness (QED) is 0.837. The number of pyridine rings is 1. The molecule has 1 aromatic heterocycles. The molecule has 18 heavy (non-hydrogen) atoms. The van der Waals surface area contributed by atoms with Gasteiger partial charge in [0, 0.05) is 17.5 Å². The largest absolute Gasteiger partial charge is 0.382 e. The van der Waals surface area contributed by atoms with Crippen molar-refractivity contribution in [1.29, 1.82) is 0 Å². The summed E-state index contributed by atoms with van der Waals surface area (Å²) >= 11 is 0. The maximum atomic E-state index is 10.7. The third-order valence-corrected chi connectivity index (χ3v) is 3.85. The topological polar surface area (TPSA) is 42.4 Å². The van der Waals surface area contributed by atoms with Crippen LogP contribution in [0.25, 0.3) is 10.9 Å². The lowest BCUT2D eigenvalue weighted by molar-refractivity contribution is -0.0316. The van der Waals surface area contributed by atoms with Crippen molar-refractivity contribution in [3.63, 3.8) is 0 Å². The third kappa shape index (κ3) is 1.71. The lowest BCUT2D eigenvalue weighted by Crippen LogP contribution is -2.33. The van der Waals surface area contributed by atoms with E-state index >= 15 is 0 Å². The highest BCUT2D eigenvalue weighted by Crippen LogP contribution is 2.36. The first kappa shape index (κ1) is 11.6. The molecular weight excluding hydrogens is 226 g/mol. The van der Waals surface area contributed by atoms with Crippen LogP contribution in [0.4, 0.5) is 0 Å². The molecule has 3 rings (SSSR count). The second-order valence-corrected chi connectivity index (χ2v) is 5.05. The Morgan fingerprint density at radius 2 is 2.17 bits per heavy atom. The van der Waals surface area contributed by atoms with Crippen LogP contribution in [0, 0.1) is 6.92 Å². The number of benzene rings is 1. The van der Waals surface area contributed by atoms with E-state index in [9.17, 15) is 5.11 Å². The Morgan fingerprint density at radius 3 is 2.89 bits per heavy atom. The van der Waals surface area contributed by atoms with Crippen LogP contribution in [0.5, 0.6) is 0 Å². The van der Waals surface area contributed by atoms with E-state index in [1.165, 1.54) is 0 Å². The minimum absolute atomic E-state index is 0.159. The summed E-state index contributed by atoms with van der Waals surface area (Å²) in [6.07, 6.45) is 0.493. The Hall–Kier alpha value is -1.45. The van der Waals surface area contributed by atoms with Crippen molar-refractivity contribution in [3.8, 4) is 0 Å². The zero-order valence-corrected chi connectivity index (χ0v) is 10.7. The number of hydrogen-bond donors (Lipinski definition) is 1. The molecule has 1 aliphatic rings. The molecule has 2 unspecified atom stereocenters. The summed E-state index contributed by atoms with van der Waals surface area (Å²) in [5.41, 5.74) is 2.03. The van der Waals surface area contributed by atoms with Gasteiger partial charge in [0.2, 0.25) is 0 Å². The Bertz CT molecular complexity index is 596. The molecule has 1 saturated heterocycles. The molecule has 0 bridgehead atoms. The van der Waals surface area contributed by atoms with E-state index in [2.05, 4.69) is 4.98 Å². The maximum absolute atomic E-state index is 10.7. The number of aromatic nitrogens is 1. The van der Waals surface area contributed by atoms with Gasteiger partial charge in [0.1, 0.15) is 5.60 Å². The highest BCUT2D eigenvalue weighted by Gasteiger charge is 2.41. The monoisotopic (exact) mass is 243 g/mol. The number of aliphatic hydroxyl groups is 1. The minimum Gasteiger partial charge on any atom is -0.382 e. The molecule has 2 heterocycles. The number of ether oxygens (including phenoxy) is 1. The molecule has 2 aromatic rings. The van der Waals surface area contributed by atoms with Gasteiger partial charge in [-0.05, 0) is 37.6 Å². The molecule has 0 saturated carbocycles. The van der Waals surface area contributed by atoms with E-state index in [0.29, 0.717) is 13.0 Å². The van der Waals surface area contributed by atoms with Gasteiger partial charge in [-0.15, -0.1) is 0 Å². The second kappa shape index (κ2) is 4.04. The van der Waals surface area contributed by atoms with E-state index in [4.69, 9.17) is 4.74 Å². The number of rotatable bonds is 1. The summed E-state index contributed by atoms with van der Waals surface area (Å²) in [5.74, 6) is 0. The Labute approximate surface area is 106 Å². The van der Waals surface area contributed by atoms with Gasteiger partial charge in [-0.25, -0.2) is 0 Å². The van der Waals surface area contributed by atoms with Crippen LogP contribution in [0.3, 0.4) is 0 Å². The van der Waals surface area contributed by atoms with Crippen molar-refractivity contribution in [3.05, 3.63) is 41.6 Å². The molecule has 1 aromatic carbocycles. The van der Waals surface area contributed by atoms with Crippen LogP contribution in [0.15, 0.2) is 30.3 Å². The first-order valence-corrected chi connectivity index (χ1v) is 6.31. The molecule has 3 heteroatoms. The van der Waals surface area contributed by atoms with Crippen LogP contribution < -0.4 is 0 Å². The lowest BCUT2D eigenvalue weighted by Gasteiger charge is -2.26. The first-order valence-electron chi connectivity index (χ1n) is 6.31. The van der Waals surface area contributed by atoms with E-state index in [1.807, 2.05) is 44.2 Å². The van der Waals surface area contributed by atoms with Crippen LogP contribution >= 0.6 is 0 Å². The van der Waals surface area contributed by atoms with Crippen LogP contribution in [-0.2, 0) is 10.3 Å². The predicted molar refractivity (Wildman–Crippen MR) is 70.4 cm³/mol. The molecule has 3 nitrogen and oxygen atoms in total. The van der Waals surface area contributed by atoms with E-state index in [-0.39, 0.29) is 6.10 Å². The number of fused-ring (bicyclic) bond motifs is 1. The maximum Gasteiger partial charge on any atom is 0.118 e. The highest BCUT2D eigenvalue weighted by molar-refractivity contribution is 5.79. The zero-order chi connectivity index (χ0) is 12.8. The molecule has 94 valence electrons. The molecule has 1 N–H and O–H groups in total. The molecule has 0 spiro atoms. The van der Waals surface area contributed by atoms with Gasteiger partial charge < -0.3 is 9.84 Å². The fraction of sp³-hybridized carbons (Fsp3) is 0.400. The normalized spacial score (nSPS) is 27.8. The van der Waals surface area contributed by atoms with Crippen LogP contribution in [-0.4, -0.2) is 22.8 Å². The van der Waals surface area contributed by atoms with Crippen LogP contribution in [0.2, 0.25) is 0 Å². The van der Waals surface area contributed by atoms with E-state index in [1.54, 1.807) is 0 Å². The highest BCUT2D eigenvalue weighted by atomic mass is 16.5. The first-order chi connectivity index (χ1) is 8.59. The van der Waals surface area contributed by atoms with Crippen molar-refractivity contribution < 1.29 is 9.84 Å². The molecule has 0 radical (unpaired) electrons. The van der Waals surface area contributed by atoms with Gasteiger partial charge in [0.25, 0.3) is 0 Å². The summed E-state index contributed by atoms with van der Waals surface area (Å²) in [4.78, 5) is 4.47. The molecule has 1 aliphatic heterocycles. The molecule has 0 amide bonds. The fourth-order valence-corrected chi connectivity index (χ4v) is 2.61. The third-order valence-electron chi connectivity index (χ3n) is 3.85. The van der Waals surface area contributed by atoms with Gasteiger partial charge in [-0.1, -0.05) is 12.1 Å². The van der Waals surface area contributed by atoms with E-state index < -0.39 is 5.60 Å². The molecule has 1 fully saturated rings. The Morgan fingerprint density at radius 1 is 1.33 bits per heavy atom. The molecule has 0 aliphatic carbocycles. The van der Waals surface area contributed by atoms with Crippen molar-refractivity contribution >= 4 is 10.9 Å². The van der Waals surface area contributed by atoms with Crippen molar-refractivity contribution in [1.82, 2.24) is 4.98 Å². The van der Waals surface area contributed by atoms with Gasteiger partial charge in [-0.3, -0.25) is 4.98 Å². The minimum atomic E-state index is -0.862. The fourth-order valence-electron chi connectivity index (χ4n) is 2.61. The molecule has 2 atom stereocenters. The summed E-state index contributed by atoms with van der Waals surface area (Å²) < 4.78 is 5.49. The van der Waals surface area contributed by atoms with Gasteiger partial charge in [-0.2, -0.15) is 0 Å². The SMILES string of the molecule is Cc1ccc2cc(C3(O)CCOC3C)ccc2n1. The average molecular weight is 243 g/mol. The number of hydrogen-bond acceptors (Lipinski definition) is 3. The van der Waals surface area contributed by atoms with Gasteiger partial charge in [0.05, 0.1) is 18.2 Å². The standard InChI is InChI=1S/C15H17NO2/c1-10-3-4-12-9-13(5-6-14(12)16-10)15(17)7-8-18-11(15)2/h3-6,9,11,17H,7-8H2,1-2H3. The number of aryl methyl sites for hydroxylation is 1. The van der Waals surface area contributed by atoms with E-state index in [0.717, 1.165) is 22.2 Å².